The summed E-state index contributed by atoms with van der Waals surface area (Å²) in [5.74, 6) is -0.0317. The molecule has 0 saturated carbocycles. The van der Waals surface area contributed by atoms with Gasteiger partial charge in [-0.05, 0) is 72.9 Å². The summed E-state index contributed by atoms with van der Waals surface area (Å²) in [6.45, 7) is 3.94. The summed E-state index contributed by atoms with van der Waals surface area (Å²) in [7, 11) is 1.51. The zero-order valence-corrected chi connectivity index (χ0v) is 18.4. The molecule has 0 aliphatic rings. The molecule has 0 atom stereocenters. The van der Waals surface area contributed by atoms with Gasteiger partial charge in [0.2, 0.25) is 0 Å². The maximum atomic E-state index is 12.4. The summed E-state index contributed by atoms with van der Waals surface area (Å²) in [4.78, 5) is 25.3. The van der Waals surface area contributed by atoms with E-state index in [1.807, 2.05) is 37.4 Å². The van der Waals surface area contributed by atoms with Crippen molar-refractivity contribution < 1.29 is 14.3 Å². The van der Waals surface area contributed by atoms with Crippen LogP contribution in [0.2, 0.25) is 0 Å². The fourth-order valence-electron chi connectivity index (χ4n) is 2.68. The Labute approximate surface area is 184 Å². The molecule has 1 heterocycles. The molecule has 0 unspecified atom stereocenters. The minimum atomic E-state index is -0.289. The van der Waals surface area contributed by atoms with E-state index in [2.05, 4.69) is 16.0 Å². The molecule has 3 aromatic rings. The van der Waals surface area contributed by atoms with E-state index in [0.29, 0.717) is 27.6 Å². The van der Waals surface area contributed by atoms with Crippen LogP contribution in [0.1, 0.15) is 31.2 Å². The number of hydrogen-bond donors (Lipinski definition) is 3. The minimum Gasteiger partial charge on any atom is -0.494 e. The third kappa shape index (κ3) is 5.22. The first kappa shape index (κ1) is 21.5. The molecule has 0 radical (unpaired) electrons. The van der Waals surface area contributed by atoms with Crippen molar-refractivity contribution in [1.82, 2.24) is 5.32 Å². The third-order valence-corrected chi connectivity index (χ3v) is 5.52. The topological polar surface area (TPSA) is 79.5 Å². The molecule has 30 heavy (non-hydrogen) atoms. The highest BCUT2D eigenvalue weighted by Crippen LogP contribution is 2.28. The molecule has 0 aliphatic carbocycles. The van der Waals surface area contributed by atoms with Gasteiger partial charge in [-0.1, -0.05) is 12.1 Å². The van der Waals surface area contributed by atoms with Crippen molar-refractivity contribution in [3.63, 3.8) is 0 Å². The molecule has 154 valence electrons. The van der Waals surface area contributed by atoms with Crippen LogP contribution in [0.4, 0.5) is 11.4 Å². The minimum absolute atomic E-state index is 0.163. The summed E-state index contributed by atoms with van der Waals surface area (Å²) >= 11 is 6.61. The lowest BCUT2D eigenvalue weighted by atomic mass is 10.1. The molecule has 2 amide bonds. The molecule has 3 rings (SSSR count). The van der Waals surface area contributed by atoms with Gasteiger partial charge in [0.15, 0.2) is 5.11 Å². The molecule has 1 aromatic heterocycles. The van der Waals surface area contributed by atoms with E-state index in [9.17, 15) is 9.59 Å². The molecular weight excluding hydrogens is 418 g/mol. The van der Waals surface area contributed by atoms with Gasteiger partial charge in [0, 0.05) is 17.3 Å². The molecule has 0 aliphatic heterocycles. The number of rotatable bonds is 5. The average molecular weight is 440 g/mol. The second kappa shape index (κ2) is 9.51. The Balaban J connectivity index is 1.65. The summed E-state index contributed by atoms with van der Waals surface area (Å²) in [6, 6.07) is 14.2. The summed E-state index contributed by atoms with van der Waals surface area (Å²) in [5.41, 5.74) is 3.83. The Morgan fingerprint density at radius 2 is 1.77 bits per heavy atom. The SMILES string of the molecule is COc1cc(NC(=S)NC(=O)c2ccc(C)c(C)c2)ccc1NC(=O)c1cccs1. The van der Waals surface area contributed by atoms with Gasteiger partial charge in [-0.2, -0.15) is 0 Å². The molecule has 0 saturated heterocycles. The second-order valence-corrected chi connectivity index (χ2v) is 7.91. The average Bonchev–Trinajstić information content (AvgIpc) is 3.26. The lowest BCUT2D eigenvalue weighted by Gasteiger charge is -2.14. The fourth-order valence-corrected chi connectivity index (χ4v) is 3.51. The molecule has 8 heteroatoms. The largest absolute Gasteiger partial charge is 0.494 e. The van der Waals surface area contributed by atoms with Crippen LogP contribution in [-0.2, 0) is 0 Å². The monoisotopic (exact) mass is 439 g/mol. The van der Waals surface area contributed by atoms with Crippen molar-refractivity contribution in [1.29, 1.82) is 0 Å². The predicted molar refractivity (Wildman–Crippen MR) is 125 cm³/mol. The number of thiocarbonyl (C=S) groups is 1. The van der Waals surface area contributed by atoms with E-state index >= 15 is 0 Å². The lowest BCUT2D eigenvalue weighted by molar-refractivity contribution is 0.0976. The number of aryl methyl sites for hydroxylation is 2. The van der Waals surface area contributed by atoms with E-state index in [1.165, 1.54) is 18.4 Å². The molecule has 0 bridgehead atoms. The number of hydrogen-bond acceptors (Lipinski definition) is 5. The van der Waals surface area contributed by atoms with Crippen molar-refractivity contribution in [2.24, 2.45) is 0 Å². The van der Waals surface area contributed by atoms with E-state index in [4.69, 9.17) is 17.0 Å². The Hall–Kier alpha value is -3.23. The van der Waals surface area contributed by atoms with Gasteiger partial charge in [-0.3, -0.25) is 14.9 Å². The van der Waals surface area contributed by atoms with Gasteiger partial charge in [0.1, 0.15) is 5.75 Å². The first-order chi connectivity index (χ1) is 14.4. The predicted octanol–water partition coefficient (Wildman–Crippen LogP) is 4.75. The molecule has 3 N–H and O–H groups in total. The Bertz CT molecular complexity index is 1100. The van der Waals surface area contributed by atoms with Gasteiger partial charge in [0.25, 0.3) is 11.8 Å². The zero-order valence-electron chi connectivity index (χ0n) is 16.7. The molecule has 6 nitrogen and oxygen atoms in total. The highest BCUT2D eigenvalue weighted by molar-refractivity contribution is 7.80. The van der Waals surface area contributed by atoms with Crippen molar-refractivity contribution in [3.8, 4) is 5.75 Å². The van der Waals surface area contributed by atoms with Gasteiger partial charge in [-0.25, -0.2) is 0 Å². The number of thiophene rings is 1. The van der Waals surface area contributed by atoms with Crippen LogP contribution >= 0.6 is 23.6 Å². The lowest BCUT2D eigenvalue weighted by Crippen LogP contribution is -2.34. The van der Waals surface area contributed by atoms with Crippen LogP contribution in [0.25, 0.3) is 0 Å². The maximum Gasteiger partial charge on any atom is 0.265 e. The van der Waals surface area contributed by atoms with Crippen LogP contribution in [0.3, 0.4) is 0 Å². The third-order valence-electron chi connectivity index (χ3n) is 4.45. The summed E-state index contributed by atoms with van der Waals surface area (Å²) in [6.07, 6.45) is 0. The van der Waals surface area contributed by atoms with E-state index in [0.717, 1.165) is 11.1 Å². The highest BCUT2D eigenvalue weighted by atomic mass is 32.1. The number of benzene rings is 2. The van der Waals surface area contributed by atoms with E-state index in [1.54, 1.807) is 30.3 Å². The summed E-state index contributed by atoms with van der Waals surface area (Å²) in [5, 5.41) is 10.5. The molecular formula is C22H21N3O3S2. The van der Waals surface area contributed by atoms with Crippen LogP contribution in [-0.4, -0.2) is 24.0 Å². The molecule has 0 fully saturated rings. The van der Waals surface area contributed by atoms with Crippen molar-refractivity contribution >= 4 is 51.9 Å². The Morgan fingerprint density at radius 1 is 0.967 bits per heavy atom. The number of carbonyl (C=O) groups excluding carboxylic acids is 2. The number of nitrogens with one attached hydrogen (secondary N) is 3. The van der Waals surface area contributed by atoms with Crippen molar-refractivity contribution in [3.05, 3.63) is 75.5 Å². The smallest absolute Gasteiger partial charge is 0.265 e. The number of amides is 2. The maximum absolute atomic E-state index is 12.4. The highest BCUT2D eigenvalue weighted by Gasteiger charge is 2.13. The van der Waals surface area contributed by atoms with Crippen LogP contribution in [0.5, 0.6) is 5.75 Å². The zero-order chi connectivity index (χ0) is 21.7. The Morgan fingerprint density at radius 3 is 2.43 bits per heavy atom. The Kier molecular flexibility index (Phi) is 6.81. The van der Waals surface area contributed by atoms with Gasteiger partial charge in [0.05, 0.1) is 17.7 Å². The first-order valence-corrected chi connectivity index (χ1v) is 10.4. The number of ether oxygens (including phenoxy) is 1. The van der Waals surface area contributed by atoms with E-state index in [-0.39, 0.29) is 16.9 Å². The van der Waals surface area contributed by atoms with Gasteiger partial charge < -0.3 is 15.4 Å². The van der Waals surface area contributed by atoms with Gasteiger partial charge >= 0.3 is 0 Å². The molecule has 0 spiro atoms. The normalized spacial score (nSPS) is 10.2. The number of methoxy groups -OCH3 is 1. The van der Waals surface area contributed by atoms with E-state index < -0.39 is 0 Å². The first-order valence-electron chi connectivity index (χ1n) is 9.10. The molecule has 2 aromatic carbocycles. The number of carbonyl (C=O) groups is 2. The van der Waals surface area contributed by atoms with Crippen molar-refractivity contribution in [2.75, 3.05) is 17.7 Å². The van der Waals surface area contributed by atoms with Crippen LogP contribution in [0.15, 0.2) is 53.9 Å². The quantitative estimate of drug-likeness (QED) is 0.500. The second-order valence-electron chi connectivity index (χ2n) is 6.55. The summed E-state index contributed by atoms with van der Waals surface area (Å²) < 4.78 is 5.38. The van der Waals surface area contributed by atoms with Crippen LogP contribution < -0.4 is 20.7 Å². The van der Waals surface area contributed by atoms with Gasteiger partial charge in [-0.15, -0.1) is 11.3 Å². The number of anilines is 2. The van der Waals surface area contributed by atoms with Crippen LogP contribution in [0, 0.1) is 13.8 Å². The van der Waals surface area contributed by atoms with Crippen molar-refractivity contribution in [2.45, 2.75) is 13.8 Å². The fraction of sp³-hybridized carbons (Fsp3) is 0.136. The standard InChI is InChI=1S/C22H21N3O3S2/c1-13-6-7-15(11-14(13)2)20(26)25-22(29)23-16-8-9-17(18(12-16)28-3)24-21(27)19-5-4-10-30-19/h4-12H,1-3H3,(H,24,27)(H2,23,25,26,29).